The Hall–Kier alpha value is -3.40. The van der Waals surface area contributed by atoms with Gasteiger partial charge in [-0.1, -0.05) is 12.1 Å². The lowest BCUT2D eigenvalue weighted by atomic mass is 9.95. The lowest BCUT2D eigenvalue weighted by Crippen LogP contribution is -2.41. The van der Waals surface area contributed by atoms with Crippen LogP contribution in [0.2, 0.25) is 0 Å². The van der Waals surface area contributed by atoms with Crippen molar-refractivity contribution in [3.8, 4) is 5.75 Å². The fourth-order valence-electron chi connectivity index (χ4n) is 4.20. The van der Waals surface area contributed by atoms with E-state index in [1.54, 1.807) is 49.4 Å². The van der Waals surface area contributed by atoms with Crippen molar-refractivity contribution in [2.75, 3.05) is 23.7 Å². The fraction of sp³-hybridized carbons (Fsp3) is 0.318. The number of nitrogens with zero attached hydrogens (tertiary/aromatic N) is 2. The Morgan fingerprint density at radius 3 is 2.72 bits per heavy atom. The molecule has 0 aliphatic carbocycles. The summed E-state index contributed by atoms with van der Waals surface area (Å²) >= 11 is 0. The van der Waals surface area contributed by atoms with E-state index in [-0.39, 0.29) is 22.6 Å². The van der Waals surface area contributed by atoms with Crippen LogP contribution in [0.25, 0.3) is 0 Å². The van der Waals surface area contributed by atoms with Gasteiger partial charge < -0.3 is 20.3 Å². The Morgan fingerprint density at radius 2 is 1.94 bits per heavy atom. The molecule has 2 aromatic carbocycles. The highest BCUT2D eigenvalue weighted by molar-refractivity contribution is 7.90. The van der Waals surface area contributed by atoms with E-state index in [0.29, 0.717) is 54.5 Å². The number of amides is 2. The van der Waals surface area contributed by atoms with Crippen LogP contribution >= 0.6 is 0 Å². The van der Waals surface area contributed by atoms with Gasteiger partial charge in [-0.2, -0.15) is 8.42 Å². The molecule has 2 amide bonds. The van der Waals surface area contributed by atoms with Crippen molar-refractivity contribution in [1.29, 1.82) is 0 Å². The third-order valence-corrected chi connectivity index (χ3v) is 7.28. The first-order valence-corrected chi connectivity index (χ1v) is 11.9. The first-order chi connectivity index (χ1) is 15.3. The molecular weight excluding hydrogens is 432 g/mol. The van der Waals surface area contributed by atoms with Crippen LogP contribution in [0.5, 0.6) is 5.75 Å². The van der Waals surface area contributed by atoms with Crippen LogP contribution in [0, 0.1) is 5.92 Å². The molecule has 2 aromatic rings. The number of carbonyl (C=O) groups is 2. The van der Waals surface area contributed by atoms with E-state index >= 15 is 0 Å². The second-order valence-electron chi connectivity index (χ2n) is 8.10. The Kier molecular flexibility index (Phi) is 4.89. The van der Waals surface area contributed by atoms with Crippen molar-refractivity contribution in [2.45, 2.75) is 30.8 Å². The van der Waals surface area contributed by atoms with Gasteiger partial charge in [0.05, 0.1) is 5.69 Å². The van der Waals surface area contributed by atoms with E-state index in [2.05, 4.69) is 15.0 Å². The third-order valence-electron chi connectivity index (χ3n) is 5.96. The van der Waals surface area contributed by atoms with Crippen molar-refractivity contribution < 1.29 is 22.7 Å². The lowest BCUT2D eigenvalue weighted by molar-refractivity contribution is -0.122. The molecule has 0 aromatic heterocycles. The summed E-state index contributed by atoms with van der Waals surface area (Å²) in [4.78, 5) is 26.8. The molecule has 32 heavy (non-hydrogen) atoms. The molecule has 5 rings (SSSR count). The van der Waals surface area contributed by atoms with Crippen LogP contribution in [0.1, 0.15) is 25.3 Å². The minimum absolute atomic E-state index is 0.109. The number of anilines is 2. The van der Waals surface area contributed by atoms with E-state index in [0.717, 1.165) is 0 Å². The molecule has 0 saturated carbocycles. The predicted octanol–water partition coefficient (Wildman–Crippen LogP) is 2.21. The molecule has 0 spiro atoms. The van der Waals surface area contributed by atoms with Gasteiger partial charge in [-0.25, -0.2) is 0 Å². The molecular formula is C22H22N4O5S. The number of sulfonamides is 1. The van der Waals surface area contributed by atoms with Gasteiger partial charge in [0.2, 0.25) is 5.91 Å². The highest BCUT2D eigenvalue weighted by atomic mass is 32.2. The van der Waals surface area contributed by atoms with Gasteiger partial charge in [0.1, 0.15) is 10.6 Å². The molecule has 1 saturated heterocycles. The zero-order chi connectivity index (χ0) is 22.5. The van der Waals surface area contributed by atoms with Crippen LogP contribution in [-0.2, 0) is 19.6 Å². The molecule has 166 valence electrons. The normalized spacial score (nSPS) is 21.7. The first-order valence-electron chi connectivity index (χ1n) is 10.4. The molecule has 2 N–H and O–H groups in total. The van der Waals surface area contributed by atoms with Crippen molar-refractivity contribution >= 4 is 39.0 Å². The Labute approximate surface area is 185 Å². The SMILES string of the molecule is CC1Oc2ccc(NC(=O)C3CCN(C4=NS(=O)(=O)c5ccccc54)CC3)cc2NC1=O. The van der Waals surface area contributed by atoms with Crippen molar-refractivity contribution in [2.24, 2.45) is 10.3 Å². The van der Waals surface area contributed by atoms with E-state index in [4.69, 9.17) is 4.74 Å². The summed E-state index contributed by atoms with van der Waals surface area (Å²) in [7, 11) is -3.66. The summed E-state index contributed by atoms with van der Waals surface area (Å²) in [5, 5.41) is 5.68. The predicted molar refractivity (Wildman–Crippen MR) is 118 cm³/mol. The van der Waals surface area contributed by atoms with E-state index < -0.39 is 16.1 Å². The van der Waals surface area contributed by atoms with E-state index in [1.165, 1.54) is 0 Å². The molecule has 9 nitrogen and oxygen atoms in total. The Bertz CT molecular complexity index is 1250. The molecule has 3 aliphatic heterocycles. The van der Waals surface area contributed by atoms with Crippen molar-refractivity contribution in [3.63, 3.8) is 0 Å². The molecule has 3 heterocycles. The number of ether oxygens (including phenoxy) is 1. The summed E-state index contributed by atoms with van der Waals surface area (Å²) in [5.74, 6) is 0.478. The first kappa shape index (κ1) is 20.5. The second kappa shape index (κ2) is 7.63. The average molecular weight is 455 g/mol. The van der Waals surface area contributed by atoms with Crippen LogP contribution in [0.4, 0.5) is 11.4 Å². The summed E-state index contributed by atoms with van der Waals surface area (Å²) in [6.45, 7) is 2.74. The molecule has 1 fully saturated rings. The zero-order valence-electron chi connectivity index (χ0n) is 17.4. The van der Waals surface area contributed by atoms with Gasteiger partial charge in [-0.05, 0) is 50.1 Å². The maximum atomic E-state index is 12.8. The van der Waals surface area contributed by atoms with Crippen LogP contribution in [0.15, 0.2) is 51.8 Å². The number of nitrogens with one attached hydrogen (secondary N) is 2. The van der Waals surface area contributed by atoms with Gasteiger partial charge in [-0.3, -0.25) is 9.59 Å². The number of piperidine rings is 1. The van der Waals surface area contributed by atoms with Crippen molar-refractivity contribution in [3.05, 3.63) is 48.0 Å². The van der Waals surface area contributed by atoms with Crippen molar-refractivity contribution in [1.82, 2.24) is 4.90 Å². The van der Waals surface area contributed by atoms with Crippen LogP contribution in [0.3, 0.4) is 0 Å². The number of rotatable bonds is 2. The summed E-state index contributed by atoms with van der Waals surface area (Å²) in [5.41, 5.74) is 1.72. The fourth-order valence-corrected chi connectivity index (χ4v) is 5.43. The number of likely N-dealkylation sites (tertiary alicyclic amines) is 1. The number of benzene rings is 2. The number of hydrogen-bond donors (Lipinski definition) is 2. The van der Waals surface area contributed by atoms with E-state index in [1.807, 2.05) is 4.90 Å². The third kappa shape index (κ3) is 3.60. The Balaban J connectivity index is 1.23. The largest absolute Gasteiger partial charge is 0.479 e. The minimum Gasteiger partial charge on any atom is -0.479 e. The second-order valence-corrected chi connectivity index (χ2v) is 9.67. The quantitative estimate of drug-likeness (QED) is 0.719. The standard InChI is InChI=1S/C22H22N4O5S/c1-13-21(27)24-17-12-15(6-7-18(17)31-13)23-22(28)14-8-10-26(11-9-14)20-16-4-2-3-5-19(16)32(29,30)25-20/h2-7,12-14H,8-11H2,1H3,(H,23,28)(H,24,27). The topological polar surface area (TPSA) is 117 Å². The number of fused-ring (bicyclic) bond motifs is 2. The highest BCUT2D eigenvalue weighted by Crippen LogP contribution is 2.33. The highest BCUT2D eigenvalue weighted by Gasteiger charge is 2.34. The molecule has 1 unspecified atom stereocenters. The average Bonchev–Trinajstić information content (AvgIpc) is 3.06. The maximum absolute atomic E-state index is 12.8. The summed E-state index contributed by atoms with van der Waals surface area (Å²) in [6, 6.07) is 11.9. The summed E-state index contributed by atoms with van der Waals surface area (Å²) < 4.78 is 34.1. The molecule has 10 heteroatoms. The van der Waals surface area contributed by atoms with Gasteiger partial charge in [0.15, 0.2) is 11.9 Å². The zero-order valence-corrected chi connectivity index (χ0v) is 18.2. The number of amidine groups is 1. The Morgan fingerprint density at radius 1 is 1.19 bits per heavy atom. The molecule has 1 atom stereocenters. The van der Waals surface area contributed by atoms with Gasteiger partial charge >= 0.3 is 0 Å². The van der Waals surface area contributed by atoms with Crippen LogP contribution in [-0.4, -0.2) is 50.2 Å². The number of carbonyl (C=O) groups excluding carboxylic acids is 2. The van der Waals surface area contributed by atoms with Crippen LogP contribution < -0.4 is 15.4 Å². The lowest BCUT2D eigenvalue weighted by Gasteiger charge is -2.32. The monoisotopic (exact) mass is 454 g/mol. The van der Waals surface area contributed by atoms with Gasteiger partial charge in [0.25, 0.3) is 15.9 Å². The minimum atomic E-state index is -3.66. The molecule has 0 bridgehead atoms. The molecule has 0 radical (unpaired) electrons. The van der Waals surface area contributed by atoms with E-state index in [9.17, 15) is 18.0 Å². The molecule has 3 aliphatic rings. The maximum Gasteiger partial charge on any atom is 0.285 e. The smallest absolute Gasteiger partial charge is 0.285 e. The summed E-state index contributed by atoms with van der Waals surface area (Å²) in [6.07, 6.45) is 0.602. The van der Waals surface area contributed by atoms with Gasteiger partial charge in [-0.15, -0.1) is 4.40 Å². The van der Waals surface area contributed by atoms with Gasteiger partial charge in [0, 0.05) is 30.3 Å². The number of hydrogen-bond acceptors (Lipinski definition) is 6.